The monoisotopic (exact) mass is 341 g/mol. The molecule has 0 spiro atoms. The molecule has 0 bridgehead atoms. The number of halogens is 3. The van der Waals surface area contributed by atoms with Crippen LogP contribution in [-0.4, -0.2) is 32.9 Å². The summed E-state index contributed by atoms with van der Waals surface area (Å²) in [4.78, 5) is 27.7. The van der Waals surface area contributed by atoms with Crippen molar-refractivity contribution in [3.8, 4) is 5.75 Å². The van der Waals surface area contributed by atoms with Crippen molar-refractivity contribution in [2.75, 3.05) is 10.6 Å². The summed E-state index contributed by atoms with van der Waals surface area (Å²) >= 11 is 0. The molecule has 24 heavy (non-hydrogen) atoms. The molecule has 1 aromatic heterocycles. The lowest BCUT2D eigenvalue weighted by atomic mass is 10.1. The minimum Gasteiger partial charge on any atom is -0.406 e. The number of ether oxygens (including phenoxy) is 1. The molecule has 1 aromatic carbocycles. The molecule has 1 aliphatic heterocycles. The predicted octanol–water partition coefficient (Wildman–Crippen LogP) is 1.70. The summed E-state index contributed by atoms with van der Waals surface area (Å²) in [5.74, 6) is -1.37. The first kappa shape index (κ1) is 15.8. The Morgan fingerprint density at radius 3 is 2.96 bits per heavy atom. The smallest absolute Gasteiger partial charge is 0.406 e. The van der Waals surface area contributed by atoms with Gasteiger partial charge in [-0.15, -0.1) is 13.2 Å². The Kier molecular flexibility index (Phi) is 3.83. The molecule has 0 saturated heterocycles. The highest BCUT2D eigenvalue weighted by Gasteiger charge is 2.33. The zero-order chi connectivity index (χ0) is 17.3. The van der Waals surface area contributed by atoms with Crippen LogP contribution in [0.4, 0.5) is 24.8 Å². The third-order valence-electron chi connectivity index (χ3n) is 3.14. The van der Waals surface area contributed by atoms with Crippen molar-refractivity contribution >= 4 is 23.5 Å². The van der Waals surface area contributed by atoms with Gasteiger partial charge in [-0.1, -0.05) is 6.07 Å². The molecule has 2 heterocycles. The molecule has 1 unspecified atom stereocenters. The van der Waals surface area contributed by atoms with E-state index < -0.39 is 30.0 Å². The third-order valence-corrected chi connectivity index (χ3v) is 3.14. The maximum absolute atomic E-state index is 12.3. The number of fused-ring (bicyclic) bond motifs is 1. The number of rotatable bonds is 3. The molecule has 2 amide bonds. The number of aromatic nitrogens is 3. The van der Waals surface area contributed by atoms with Crippen LogP contribution in [0.2, 0.25) is 0 Å². The number of nitrogens with one attached hydrogen (secondary N) is 2. The molecular weight excluding hydrogens is 331 g/mol. The maximum atomic E-state index is 12.3. The van der Waals surface area contributed by atoms with Crippen molar-refractivity contribution < 1.29 is 27.5 Å². The predicted molar refractivity (Wildman–Crippen MR) is 74.1 cm³/mol. The van der Waals surface area contributed by atoms with Gasteiger partial charge in [0.1, 0.15) is 18.1 Å². The second-order valence-electron chi connectivity index (χ2n) is 4.86. The van der Waals surface area contributed by atoms with Crippen LogP contribution < -0.4 is 15.4 Å². The summed E-state index contributed by atoms with van der Waals surface area (Å²) in [6.07, 6.45) is -3.82. The number of alkyl halides is 3. The fraction of sp³-hybridized carbons (Fsp3) is 0.231. The molecule has 3 rings (SSSR count). The number of hydrogen-bond donors (Lipinski definition) is 2. The van der Waals surface area contributed by atoms with E-state index in [1.54, 1.807) is 0 Å². The molecule has 126 valence electrons. The first-order chi connectivity index (χ1) is 11.3. The van der Waals surface area contributed by atoms with E-state index in [2.05, 4.69) is 25.5 Å². The van der Waals surface area contributed by atoms with Gasteiger partial charge in [-0.2, -0.15) is 10.1 Å². The number of anilines is 2. The van der Waals surface area contributed by atoms with E-state index in [-0.39, 0.29) is 18.1 Å². The van der Waals surface area contributed by atoms with Crippen molar-refractivity contribution in [3.63, 3.8) is 0 Å². The standard InChI is InChI=1S/C13H10F3N5O3/c14-13(15,16)24-8-3-1-2-7(4-8)19-11(23)9-5-10(22)20-12-17-6-18-21(9)12/h1-4,6,9H,5H2,(H,19,23)(H,17,18,20,22). The number of carbonyl (C=O) groups is 2. The van der Waals surface area contributed by atoms with Crippen molar-refractivity contribution in [2.45, 2.75) is 18.8 Å². The highest BCUT2D eigenvalue weighted by atomic mass is 19.4. The molecule has 2 aromatic rings. The van der Waals surface area contributed by atoms with Crippen LogP contribution in [-0.2, 0) is 9.59 Å². The average Bonchev–Trinajstić information content (AvgIpc) is 2.92. The van der Waals surface area contributed by atoms with Gasteiger partial charge in [-0.25, -0.2) is 4.68 Å². The van der Waals surface area contributed by atoms with Gasteiger partial charge in [0.15, 0.2) is 0 Å². The van der Waals surface area contributed by atoms with Crippen molar-refractivity contribution in [2.24, 2.45) is 0 Å². The summed E-state index contributed by atoms with van der Waals surface area (Å²) in [6.45, 7) is 0. The highest BCUT2D eigenvalue weighted by Crippen LogP contribution is 2.27. The summed E-state index contributed by atoms with van der Waals surface area (Å²) in [7, 11) is 0. The number of hydrogen-bond acceptors (Lipinski definition) is 5. The van der Waals surface area contributed by atoms with Gasteiger partial charge < -0.3 is 10.1 Å². The normalized spacial score (nSPS) is 17.0. The Balaban J connectivity index is 1.76. The van der Waals surface area contributed by atoms with Crippen molar-refractivity contribution in [1.82, 2.24) is 14.8 Å². The van der Waals surface area contributed by atoms with E-state index in [0.717, 1.165) is 12.1 Å². The fourth-order valence-electron chi connectivity index (χ4n) is 2.21. The van der Waals surface area contributed by atoms with Gasteiger partial charge in [-0.05, 0) is 12.1 Å². The van der Waals surface area contributed by atoms with Crippen LogP contribution in [0.5, 0.6) is 5.75 Å². The summed E-state index contributed by atoms with van der Waals surface area (Å²) < 4.78 is 41.7. The topological polar surface area (TPSA) is 98.1 Å². The highest BCUT2D eigenvalue weighted by molar-refractivity contribution is 6.00. The Bertz CT molecular complexity index is 789. The SMILES string of the molecule is O=C1CC(C(=O)Nc2cccc(OC(F)(F)F)c2)n2ncnc2N1. The number of amides is 2. The Morgan fingerprint density at radius 2 is 2.21 bits per heavy atom. The maximum Gasteiger partial charge on any atom is 0.573 e. The van der Waals surface area contributed by atoms with E-state index in [0.29, 0.717) is 0 Å². The van der Waals surface area contributed by atoms with Gasteiger partial charge in [0.05, 0.1) is 6.42 Å². The van der Waals surface area contributed by atoms with Gasteiger partial charge >= 0.3 is 6.36 Å². The molecule has 11 heteroatoms. The van der Waals surface area contributed by atoms with Crippen LogP contribution in [0.15, 0.2) is 30.6 Å². The molecule has 0 fully saturated rings. The quantitative estimate of drug-likeness (QED) is 0.885. The molecule has 0 aliphatic carbocycles. The second-order valence-corrected chi connectivity index (χ2v) is 4.86. The van der Waals surface area contributed by atoms with E-state index >= 15 is 0 Å². The second kappa shape index (κ2) is 5.83. The van der Waals surface area contributed by atoms with E-state index in [4.69, 9.17) is 0 Å². The average molecular weight is 341 g/mol. The number of carbonyl (C=O) groups excluding carboxylic acids is 2. The Labute approximate surface area is 132 Å². The van der Waals surface area contributed by atoms with Crippen LogP contribution in [0.3, 0.4) is 0 Å². The van der Waals surface area contributed by atoms with E-state index in [9.17, 15) is 22.8 Å². The molecule has 2 N–H and O–H groups in total. The zero-order valence-electron chi connectivity index (χ0n) is 11.9. The van der Waals surface area contributed by atoms with Gasteiger partial charge in [-0.3, -0.25) is 14.9 Å². The lowest BCUT2D eigenvalue weighted by molar-refractivity contribution is -0.274. The van der Waals surface area contributed by atoms with E-state index in [1.807, 2.05) is 0 Å². The van der Waals surface area contributed by atoms with Gasteiger partial charge in [0.2, 0.25) is 17.8 Å². The summed E-state index contributed by atoms with van der Waals surface area (Å²) in [5, 5.41) is 8.74. The molecule has 8 nitrogen and oxygen atoms in total. The lowest BCUT2D eigenvalue weighted by Crippen LogP contribution is -2.36. The fourth-order valence-corrected chi connectivity index (χ4v) is 2.21. The van der Waals surface area contributed by atoms with Gasteiger partial charge in [0, 0.05) is 11.8 Å². The zero-order valence-corrected chi connectivity index (χ0v) is 11.9. The first-order valence-electron chi connectivity index (χ1n) is 6.68. The molecule has 1 aliphatic rings. The summed E-state index contributed by atoms with van der Waals surface area (Å²) in [5.41, 5.74) is 0.0920. The van der Waals surface area contributed by atoms with Crippen molar-refractivity contribution in [1.29, 1.82) is 0 Å². The number of benzene rings is 1. The largest absolute Gasteiger partial charge is 0.573 e. The lowest BCUT2D eigenvalue weighted by Gasteiger charge is -2.22. The molecule has 0 saturated carbocycles. The summed E-state index contributed by atoms with van der Waals surface area (Å²) in [6, 6.07) is 3.86. The van der Waals surface area contributed by atoms with Crippen molar-refractivity contribution in [3.05, 3.63) is 30.6 Å². The van der Waals surface area contributed by atoms with Crippen LogP contribution in [0.1, 0.15) is 12.5 Å². The van der Waals surface area contributed by atoms with Crippen LogP contribution in [0.25, 0.3) is 0 Å². The minimum atomic E-state index is -4.83. The Morgan fingerprint density at radius 1 is 1.42 bits per heavy atom. The van der Waals surface area contributed by atoms with Crippen LogP contribution >= 0.6 is 0 Å². The number of nitrogens with zero attached hydrogens (tertiary/aromatic N) is 3. The van der Waals surface area contributed by atoms with Crippen LogP contribution in [0, 0.1) is 0 Å². The minimum absolute atomic E-state index is 0.0920. The molecule has 1 atom stereocenters. The molecule has 0 radical (unpaired) electrons. The van der Waals surface area contributed by atoms with E-state index in [1.165, 1.54) is 23.1 Å². The first-order valence-corrected chi connectivity index (χ1v) is 6.68. The molecular formula is C13H10F3N5O3. The third kappa shape index (κ3) is 3.45. The Hall–Kier alpha value is -3.11. The van der Waals surface area contributed by atoms with Gasteiger partial charge in [0.25, 0.3) is 0 Å².